The molecule has 1 aliphatic rings. The van der Waals surface area contributed by atoms with Gasteiger partial charge < -0.3 is 10.1 Å². The quantitative estimate of drug-likeness (QED) is 0.635. The maximum Gasteiger partial charge on any atom is 0.223 e. The summed E-state index contributed by atoms with van der Waals surface area (Å²) in [6, 6.07) is 11.7. The first-order valence-electron chi connectivity index (χ1n) is 10.0. The molecular weight excluding hydrogens is 367 g/mol. The molecule has 2 heterocycles. The van der Waals surface area contributed by atoms with Crippen LogP contribution in [0.4, 0.5) is 10.3 Å². The van der Waals surface area contributed by atoms with E-state index >= 15 is 0 Å². The number of pyridine rings is 1. The van der Waals surface area contributed by atoms with Crippen molar-refractivity contribution in [1.29, 1.82) is 0 Å². The van der Waals surface area contributed by atoms with E-state index in [0.29, 0.717) is 23.4 Å². The first kappa shape index (κ1) is 19.3. The van der Waals surface area contributed by atoms with E-state index in [0.717, 1.165) is 29.9 Å². The van der Waals surface area contributed by atoms with Crippen LogP contribution in [0.25, 0.3) is 22.4 Å². The van der Waals surface area contributed by atoms with Crippen LogP contribution in [-0.4, -0.2) is 28.1 Å². The number of rotatable bonds is 5. The highest BCUT2D eigenvalue weighted by Crippen LogP contribution is 2.32. The molecular formula is C23H25FN4O. The van der Waals surface area contributed by atoms with Crippen molar-refractivity contribution in [2.24, 2.45) is 5.92 Å². The monoisotopic (exact) mass is 392 g/mol. The van der Waals surface area contributed by atoms with Crippen molar-refractivity contribution in [2.75, 3.05) is 12.4 Å². The highest BCUT2D eigenvalue weighted by molar-refractivity contribution is 5.74. The van der Waals surface area contributed by atoms with Crippen molar-refractivity contribution in [3.8, 4) is 28.3 Å². The van der Waals surface area contributed by atoms with Crippen LogP contribution < -0.4 is 10.1 Å². The largest absolute Gasteiger partial charge is 0.481 e. The molecule has 1 aliphatic carbocycles. The van der Waals surface area contributed by atoms with Crippen LogP contribution in [0.5, 0.6) is 5.88 Å². The maximum atomic E-state index is 14.6. The summed E-state index contributed by atoms with van der Waals surface area (Å²) in [5.74, 6) is 1.33. The molecule has 0 saturated heterocycles. The number of anilines is 1. The van der Waals surface area contributed by atoms with E-state index in [2.05, 4.69) is 27.2 Å². The zero-order valence-corrected chi connectivity index (χ0v) is 16.7. The van der Waals surface area contributed by atoms with Gasteiger partial charge in [0.05, 0.1) is 13.3 Å². The SMILES string of the molecule is COc1ncccc1-c1cccc(-c2nc(NC3CCC(C)CC3)ncc2F)c1. The second-order valence-corrected chi connectivity index (χ2v) is 7.63. The Hall–Kier alpha value is -3.02. The Balaban J connectivity index is 1.63. The van der Waals surface area contributed by atoms with E-state index in [9.17, 15) is 4.39 Å². The van der Waals surface area contributed by atoms with Crippen LogP contribution in [0.15, 0.2) is 48.8 Å². The Bertz CT molecular complexity index is 986. The lowest BCUT2D eigenvalue weighted by Gasteiger charge is -2.26. The Morgan fingerprint density at radius 1 is 1.03 bits per heavy atom. The number of halogens is 1. The zero-order valence-electron chi connectivity index (χ0n) is 16.7. The number of ether oxygens (including phenoxy) is 1. The molecule has 6 heteroatoms. The summed E-state index contributed by atoms with van der Waals surface area (Å²) in [7, 11) is 1.59. The van der Waals surface area contributed by atoms with Gasteiger partial charge in [0.25, 0.3) is 0 Å². The molecule has 1 N–H and O–H groups in total. The molecule has 1 saturated carbocycles. The second kappa shape index (κ2) is 8.55. The van der Waals surface area contributed by atoms with Gasteiger partial charge in [-0.15, -0.1) is 0 Å². The summed E-state index contributed by atoms with van der Waals surface area (Å²) in [5, 5.41) is 3.38. The normalized spacial score (nSPS) is 19.0. The topological polar surface area (TPSA) is 59.9 Å². The lowest BCUT2D eigenvalue weighted by molar-refractivity contribution is 0.360. The van der Waals surface area contributed by atoms with Gasteiger partial charge >= 0.3 is 0 Å². The number of hydrogen-bond acceptors (Lipinski definition) is 5. The van der Waals surface area contributed by atoms with Gasteiger partial charge in [-0.3, -0.25) is 0 Å². The highest BCUT2D eigenvalue weighted by atomic mass is 19.1. The van der Waals surface area contributed by atoms with E-state index in [1.54, 1.807) is 13.3 Å². The predicted octanol–water partition coefficient (Wildman–Crippen LogP) is 5.34. The average Bonchev–Trinajstić information content (AvgIpc) is 2.76. The van der Waals surface area contributed by atoms with Crippen molar-refractivity contribution in [2.45, 2.75) is 38.6 Å². The molecule has 0 unspecified atom stereocenters. The molecule has 1 aromatic carbocycles. The van der Waals surface area contributed by atoms with Crippen LogP contribution in [-0.2, 0) is 0 Å². The van der Waals surface area contributed by atoms with Crippen LogP contribution >= 0.6 is 0 Å². The van der Waals surface area contributed by atoms with Gasteiger partial charge in [-0.2, -0.15) is 0 Å². The van der Waals surface area contributed by atoms with Gasteiger partial charge in [-0.05, 0) is 55.4 Å². The number of nitrogens with one attached hydrogen (secondary N) is 1. The molecule has 1 fully saturated rings. The first-order chi connectivity index (χ1) is 14.1. The summed E-state index contributed by atoms with van der Waals surface area (Å²) in [5.41, 5.74) is 2.72. The van der Waals surface area contributed by atoms with Gasteiger partial charge in [0.15, 0.2) is 5.82 Å². The molecule has 0 bridgehead atoms. The fraction of sp³-hybridized carbons (Fsp3) is 0.348. The molecule has 29 heavy (non-hydrogen) atoms. The molecule has 0 spiro atoms. The summed E-state index contributed by atoms with van der Waals surface area (Å²) in [4.78, 5) is 12.9. The minimum absolute atomic E-state index is 0.288. The Kier molecular flexibility index (Phi) is 5.69. The van der Waals surface area contributed by atoms with Crippen LogP contribution in [0, 0.1) is 11.7 Å². The van der Waals surface area contributed by atoms with E-state index in [1.165, 1.54) is 19.0 Å². The molecule has 3 aromatic rings. The smallest absolute Gasteiger partial charge is 0.223 e. The van der Waals surface area contributed by atoms with Crippen molar-refractivity contribution in [3.63, 3.8) is 0 Å². The molecule has 0 amide bonds. The van der Waals surface area contributed by atoms with Gasteiger partial charge in [0, 0.05) is 23.4 Å². The second-order valence-electron chi connectivity index (χ2n) is 7.63. The molecule has 0 radical (unpaired) electrons. The summed E-state index contributed by atoms with van der Waals surface area (Å²) >= 11 is 0. The van der Waals surface area contributed by atoms with Gasteiger partial charge in [0.2, 0.25) is 11.8 Å². The van der Waals surface area contributed by atoms with E-state index in [-0.39, 0.29) is 5.69 Å². The number of benzene rings is 1. The van der Waals surface area contributed by atoms with Crippen LogP contribution in [0.3, 0.4) is 0 Å². The summed E-state index contributed by atoms with van der Waals surface area (Å²) in [6.07, 6.45) is 7.50. The number of aromatic nitrogens is 3. The van der Waals surface area contributed by atoms with Crippen molar-refractivity contribution in [3.05, 3.63) is 54.6 Å². The Morgan fingerprint density at radius 3 is 2.62 bits per heavy atom. The maximum absolute atomic E-state index is 14.6. The fourth-order valence-electron chi connectivity index (χ4n) is 3.83. The first-order valence-corrected chi connectivity index (χ1v) is 10.0. The van der Waals surface area contributed by atoms with Crippen LogP contribution in [0.1, 0.15) is 32.6 Å². The minimum atomic E-state index is -0.442. The summed E-state index contributed by atoms with van der Waals surface area (Å²) < 4.78 is 19.9. The third-order valence-electron chi connectivity index (χ3n) is 5.50. The summed E-state index contributed by atoms with van der Waals surface area (Å²) in [6.45, 7) is 2.28. The highest BCUT2D eigenvalue weighted by Gasteiger charge is 2.19. The zero-order chi connectivity index (χ0) is 20.2. The predicted molar refractivity (Wildman–Crippen MR) is 112 cm³/mol. The van der Waals surface area contributed by atoms with Gasteiger partial charge in [-0.1, -0.05) is 25.1 Å². The molecule has 0 atom stereocenters. The lowest BCUT2D eigenvalue weighted by Crippen LogP contribution is -2.26. The number of nitrogens with zero attached hydrogens (tertiary/aromatic N) is 3. The number of hydrogen-bond donors (Lipinski definition) is 1. The minimum Gasteiger partial charge on any atom is -0.481 e. The Morgan fingerprint density at radius 2 is 1.83 bits per heavy atom. The molecule has 2 aromatic heterocycles. The average molecular weight is 392 g/mol. The lowest BCUT2D eigenvalue weighted by atomic mass is 9.87. The standard InChI is InChI=1S/C23H25FN4O/c1-15-8-10-18(11-9-15)27-23-26-14-20(24)21(28-23)17-6-3-5-16(13-17)19-7-4-12-25-22(19)29-2/h3-7,12-15,18H,8-11H2,1-2H3,(H,26,27,28). The molecule has 0 aliphatic heterocycles. The van der Waals surface area contributed by atoms with Crippen molar-refractivity contribution in [1.82, 2.24) is 15.0 Å². The third kappa shape index (κ3) is 4.36. The van der Waals surface area contributed by atoms with Gasteiger partial charge in [0.1, 0.15) is 5.69 Å². The van der Waals surface area contributed by atoms with Crippen molar-refractivity contribution < 1.29 is 9.13 Å². The van der Waals surface area contributed by atoms with E-state index in [1.807, 2.05) is 36.4 Å². The third-order valence-corrected chi connectivity index (χ3v) is 5.50. The van der Waals surface area contributed by atoms with E-state index in [4.69, 9.17) is 4.74 Å². The van der Waals surface area contributed by atoms with Crippen LogP contribution in [0.2, 0.25) is 0 Å². The molecule has 5 nitrogen and oxygen atoms in total. The molecule has 4 rings (SSSR count). The van der Waals surface area contributed by atoms with Gasteiger partial charge in [-0.25, -0.2) is 19.3 Å². The fourth-order valence-corrected chi connectivity index (χ4v) is 3.83. The Labute approximate surface area is 170 Å². The van der Waals surface area contributed by atoms with E-state index < -0.39 is 5.82 Å². The molecule has 150 valence electrons. The van der Waals surface area contributed by atoms with Crippen molar-refractivity contribution >= 4 is 5.95 Å². The number of methoxy groups -OCH3 is 1.